The highest BCUT2D eigenvalue weighted by Crippen LogP contribution is 2.29. The first kappa shape index (κ1) is 21.7. The van der Waals surface area contributed by atoms with Gasteiger partial charge in [0.15, 0.2) is 0 Å². The van der Waals surface area contributed by atoms with Crippen molar-refractivity contribution in [2.24, 2.45) is 0 Å². The highest BCUT2D eigenvalue weighted by molar-refractivity contribution is 7.10. The Morgan fingerprint density at radius 1 is 1.16 bits per heavy atom. The Hall–Kier alpha value is -2.51. The zero-order valence-corrected chi connectivity index (χ0v) is 19.7. The average Bonchev–Trinajstić information content (AvgIpc) is 3.17. The van der Waals surface area contributed by atoms with Crippen LogP contribution >= 0.6 is 11.3 Å². The lowest BCUT2D eigenvalue weighted by Gasteiger charge is -2.26. The molecule has 0 radical (unpaired) electrons. The fourth-order valence-electron chi connectivity index (χ4n) is 4.19. The third-order valence-corrected chi connectivity index (χ3v) is 7.24. The number of rotatable bonds is 5. The summed E-state index contributed by atoms with van der Waals surface area (Å²) in [7, 11) is 2.13. The number of aromatic nitrogens is 2. The molecular weight excluding hydrogens is 406 g/mol. The molecule has 7 heteroatoms. The molecule has 0 bridgehead atoms. The maximum Gasteiger partial charge on any atom is 0.219 e. The van der Waals surface area contributed by atoms with Crippen LogP contribution in [0.4, 0.5) is 5.82 Å². The van der Waals surface area contributed by atoms with Gasteiger partial charge in [-0.3, -0.25) is 9.69 Å². The molecule has 1 amide bonds. The first-order chi connectivity index (χ1) is 14.9. The van der Waals surface area contributed by atoms with E-state index in [0.29, 0.717) is 12.6 Å². The molecule has 0 spiro atoms. The number of fused-ring (bicyclic) bond motifs is 1. The third-order valence-electron chi connectivity index (χ3n) is 6.20. The van der Waals surface area contributed by atoms with Crippen molar-refractivity contribution in [1.29, 1.82) is 0 Å². The Morgan fingerprint density at radius 2 is 2.00 bits per heavy atom. The van der Waals surface area contributed by atoms with Gasteiger partial charge in [0, 0.05) is 49.4 Å². The molecule has 164 valence electrons. The van der Waals surface area contributed by atoms with E-state index < -0.39 is 0 Å². The first-order valence-electron chi connectivity index (χ1n) is 10.9. The molecule has 0 aliphatic carbocycles. The Balaban J connectivity index is 1.66. The molecule has 1 aromatic carbocycles. The Labute approximate surface area is 188 Å². The van der Waals surface area contributed by atoms with E-state index in [4.69, 9.17) is 9.97 Å². The van der Waals surface area contributed by atoms with Crippen molar-refractivity contribution < 1.29 is 4.79 Å². The minimum atomic E-state index is 0.148. The van der Waals surface area contributed by atoms with Crippen molar-refractivity contribution in [2.45, 2.75) is 39.8 Å². The van der Waals surface area contributed by atoms with Crippen molar-refractivity contribution in [1.82, 2.24) is 19.8 Å². The number of carbonyl (C=O) groups excluding carboxylic acids is 1. The number of hydrogen-bond acceptors (Lipinski definition) is 6. The minimum absolute atomic E-state index is 0.148. The summed E-state index contributed by atoms with van der Waals surface area (Å²) < 4.78 is 0. The molecule has 1 fully saturated rings. The van der Waals surface area contributed by atoms with Gasteiger partial charge in [-0.25, -0.2) is 9.97 Å². The van der Waals surface area contributed by atoms with Gasteiger partial charge in [-0.1, -0.05) is 18.2 Å². The quantitative estimate of drug-likeness (QED) is 0.597. The second-order valence-electron chi connectivity index (χ2n) is 8.39. The van der Waals surface area contributed by atoms with E-state index in [2.05, 4.69) is 66.4 Å². The average molecular weight is 438 g/mol. The van der Waals surface area contributed by atoms with Gasteiger partial charge in [0.1, 0.15) is 11.6 Å². The van der Waals surface area contributed by atoms with Crippen LogP contribution in [-0.2, 0) is 11.3 Å². The number of benzene rings is 1. The molecule has 1 unspecified atom stereocenters. The summed E-state index contributed by atoms with van der Waals surface area (Å²) in [5, 5.41) is 3.21. The molecule has 0 N–H and O–H groups in total. The molecule has 4 rings (SSSR count). The standard InChI is InChI=1S/C24H31N5OS/c1-17-8-5-9-20-23(17)25-22(16-27(4)18(2)21-10-6-15-31-21)26-24(20)29-12-7-11-28(13-14-29)19(3)30/h5-6,8-10,15,18H,7,11-14,16H2,1-4H3. The smallest absolute Gasteiger partial charge is 0.219 e. The minimum Gasteiger partial charge on any atom is -0.354 e. The summed E-state index contributed by atoms with van der Waals surface area (Å²) in [6.45, 7) is 9.90. The summed E-state index contributed by atoms with van der Waals surface area (Å²) in [5.41, 5.74) is 2.18. The summed E-state index contributed by atoms with van der Waals surface area (Å²) in [6, 6.07) is 10.9. The summed E-state index contributed by atoms with van der Waals surface area (Å²) in [4.78, 5) is 29.8. The molecule has 3 aromatic rings. The van der Waals surface area contributed by atoms with Crippen LogP contribution in [0.1, 0.15) is 42.6 Å². The van der Waals surface area contributed by atoms with Gasteiger partial charge in [0.25, 0.3) is 0 Å². The lowest BCUT2D eigenvalue weighted by atomic mass is 10.1. The van der Waals surface area contributed by atoms with Gasteiger partial charge in [-0.15, -0.1) is 11.3 Å². The van der Waals surface area contributed by atoms with E-state index in [1.165, 1.54) is 4.88 Å². The fourth-order valence-corrected chi connectivity index (χ4v) is 5.03. The fraction of sp³-hybridized carbons (Fsp3) is 0.458. The van der Waals surface area contributed by atoms with E-state index in [9.17, 15) is 4.79 Å². The van der Waals surface area contributed by atoms with Gasteiger partial charge in [0.05, 0.1) is 12.1 Å². The zero-order valence-electron chi connectivity index (χ0n) is 18.8. The van der Waals surface area contributed by atoms with Crippen LogP contribution in [0.5, 0.6) is 0 Å². The van der Waals surface area contributed by atoms with Crippen molar-refractivity contribution in [3.8, 4) is 0 Å². The van der Waals surface area contributed by atoms with Crippen LogP contribution in [0.15, 0.2) is 35.7 Å². The summed E-state index contributed by atoms with van der Waals surface area (Å²) in [6.07, 6.45) is 0.946. The van der Waals surface area contributed by atoms with Gasteiger partial charge in [0.2, 0.25) is 5.91 Å². The first-order valence-corrected chi connectivity index (χ1v) is 11.8. The third kappa shape index (κ3) is 4.72. The molecule has 31 heavy (non-hydrogen) atoms. The van der Waals surface area contributed by atoms with Crippen molar-refractivity contribution in [2.75, 3.05) is 38.1 Å². The number of nitrogens with zero attached hydrogens (tertiary/aromatic N) is 5. The molecule has 1 aliphatic heterocycles. The Morgan fingerprint density at radius 3 is 2.74 bits per heavy atom. The molecule has 1 atom stereocenters. The molecule has 6 nitrogen and oxygen atoms in total. The van der Waals surface area contributed by atoms with Crippen LogP contribution in [0.3, 0.4) is 0 Å². The predicted octanol–water partition coefficient (Wildman–Crippen LogP) is 4.25. The largest absolute Gasteiger partial charge is 0.354 e. The SMILES string of the molecule is CC(=O)N1CCCN(c2nc(CN(C)C(C)c3cccs3)nc3c(C)cccc23)CC1. The molecular formula is C24H31N5OS. The number of aryl methyl sites for hydroxylation is 1. The number of para-hydroxylation sites is 1. The van der Waals surface area contributed by atoms with Gasteiger partial charge < -0.3 is 9.80 Å². The van der Waals surface area contributed by atoms with Crippen molar-refractivity contribution >= 4 is 34.0 Å². The van der Waals surface area contributed by atoms with Crippen molar-refractivity contribution in [3.63, 3.8) is 0 Å². The van der Waals surface area contributed by atoms with Crippen LogP contribution in [-0.4, -0.2) is 58.9 Å². The van der Waals surface area contributed by atoms with Crippen LogP contribution in [0.2, 0.25) is 0 Å². The summed E-state index contributed by atoms with van der Waals surface area (Å²) >= 11 is 1.78. The lowest BCUT2D eigenvalue weighted by Crippen LogP contribution is -2.34. The maximum atomic E-state index is 11.9. The highest BCUT2D eigenvalue weighted by atomic mass is 32.1. The second kappa shape index (κ2) is 9.32. The Kier molecular flexibility index (Phi) is 6.53. The lowest BCUT2D eigenvalue weighted by molar-refractivity contribution is -0.128. The van der Waals surface area contributed by atoms with Crippen LogP contribution < -0.4 is 4.90 Å². The zero-order chi connectivity index (χ0) is 22.0. The highest BCUT2D eigenvalue weighted by Gasteiger charge is 2.22. The molecule has 3 heterocycles. The number of thiophene rings is 1. The summed E-state index contributed by atoms with van der Waals surface area (Å²) in [5.74, 6) is 1.98. The number of amides is 1. The van der Waals surface area contributed by atoms with E-state index in [1.807, 2.05) is 4.90 Å². The number of anilines is 1. The molecule has 2 aromatic heterocycles. The molecule has 1 aliphatic rings. The maximum absolute atomic E-state index is 11.9. The van der Waals surface area contributed by atoms with Gasteiger partial charge >= 0.3 is 0 Å². The van der Waals surface area contributed by atoms with E-state index in [-0.39, 0.29) is 5.91 Å². The monoisotopic (exact) mass is 437 g/mol. The van der Waals surface area contributed by atoms with E-state index in [1.54, 1.807) is 18.3 Å². The predicted molar refractivity (Wildman–Crippen MR) is 128 cm³/mol. The molecule has 1 saturated heterocycles. The van der Waals surface area contributed by atoms with E-state index in [0.717, 1.165) is 60.7 Å². The van der Waals surface area contributed by atoms with Crippen LogP contribution in [0.25, 0.3) is 10.9 Å². The number of carbonyl (C=O) groups is 1. The normalized spacial score (nSPS) is 16.0. The molecule has 0 saturated carbocycles. The van der Waals surface area contributed by atoms with E-state index >= 15 is 0 Å². The van der Waals surface area contributed by atoms with Crippen LogP contribution in [0, 0.1) is 6.92 Å². The Bertz CT molecular complexity index is 1050. The topological polar surface area (TPSA) is 52.6 Å². The van der Waals surface area contributed by atoms with Gasteiger partial charge in [-0.2, -0.15) is 0 Å². The number of hydrogen-bond donors (Lipinski definition) is 0. The second-order valence-corrected chi connectivity index (χ2v) is 9.37. The van der Waals surface area contributed by atoms with Crippen molar-refractivity contribution in [3.05, 3.63) is 52.0 Å². The van der Waals surface area contributed by atoms with Gasteiger partial charge in [-0.05, 0) is 50.4 Å².